The minimum absolute atomic E-state index is 0.0592. The highest BCUT2D eigenvalue weighted by Gasteiger charge is 2.12. The van der Waals surface area contributed by atoms with Crippen LogP contribution in [0.5, 0.6) is 0 Å². The van der Waals surface area contributed by atoms with Crippen LogP contribution >= 0.6 is 0 Å². The van der Waals surface area contributed by atoms with E-state index in [1.54, 1.807) is 19.0 Å². The molecule has 1 aromatic rings. The van der Waals surface area contributed by atoms with Gasteiger partial charge in [0.25, 0.3) is 5.91 Å². The molecule has 1 aliphatic heterocycles. The van der Waals surface area contributed by atoms with E-state index in [0.29, 0.717) is 0 Å². The highest BCUT2D eigenvalue weighted by atomic mass is 16.2. The molecule has 0 aromatic heterocycles. The molecule has 0 saturated heterocycles. The zero-order valence-corrected chi connectivity index (χ0v) is 11.3. The van der Waals surface area contributed by atoms with Gasteiger partial charge in [-0.3, -0.25) is 4.79 Å². The summed E-state index contributed by atoms with van der Waals surface area (Å²) in [6.45, 7) is 4.04. The minimum atomic E-state index is 0.0592. The molecule has 1 amide bonds. The van der Waals surface area contributed by atoms with Crippen LogP contribution in [0.15, 0.2) is 24.3 Å². The smallest absolute Gasteiger partial charge is 0.253 e. The van der Waals surface area contributed by atoms with Gasteiger partial charge >= 0.3 is 0 Å². The average Bonchev–Trinajstić information content (AvgIpc) is 2.38. The van der Waals surface area contributed by atoms with Gasteiger partial charge < -0.3 is 10.2 Å². The van der Waals surface area contributed by atoms with Crippen molar-refractivity contribution in [1.82, 2.24) is 10.2 Å². The van der Waals surface area contributed by atoms with Crippen molar-refractivity contribution in [2.45, 2.75) is 13.3 Å². The highest BCUT2D eigenvalue weighted by Crippen LogP contribution is 2.24. The van der Waals surface area contributed by atoms with E-state index in [0.717, 1.165) is 25.1 Å². The summed E-state index contributed by atoms with van der Waals surface area (Å²) in [7, 11) is 3.56. The van der Waals surface area contributed by atoms with Crippen molar-refractivity contribution >= 4 is 11.5 Å². The summed E-state index contributed by atoms with van der Waals surface area (Å²) in [6, 6.07) is 5.98. The van der Waals surface area contributed by atoms with Gasteiger partial charge in [-0.1, -0.05) is 12.1 Å². The van der Waals surface area contributed by atoms with E-state index in [2.05, 4.69) is 24.4 Å². The molecule has 0 radical (unpaired) electrons. The molecule has 1 aliphatic rings. The third kappa shape index (κ3) is 2.62. The number of carbonyl (C=O) groups is 1. The third-order valence-electron chi connectivity index (χ3n) is 3.29. The Kier molecular flexibility index (Phi) is 3.82. The maximum atomic E-state index is 11.9. The molecule has 0 saturated carbocycles. The monoisotopic (exact) mass is 244 g/mol. The second-order valence-electron chi connectivity index (χ2n) is 4.91. The van der Waals surface area contributed by atoms with E-state index < -0.39 is 0 Å². The molecule has 0 spiro atoms. The van der Waals surface area contributed by atoms with Crippen LogP contribution in [0.2, 0.25) is 0 Å². The predicted molar refractivity (Wildman–Crippen MR) is 74.7 cm³/mol. The van der Waals surface area contributed by atoms with E-state index in [1.165, 1.54) is 16.7 Å². The van der Waals surface area contributed by atoms with Gasteiger partial charge in [-0.15, -0.1) is 0 Å². The molecular weight excluding hydrogens is 224 g/mol. The summed E-state index contributed by atoms with van der Waals surface area (Å²) < 4.78 is 0. The van der Waals surface area contributed by atoms with Gasteiger partial charge in [0, 0.05) is 26.2 Å². The van der Waals surface area contributed by atoms with Gasteiger partial charge in [-0.25, -0.2) is 0 Å². The lowest BCUT2D eigenvalue weighted by molar-refractivity contribution is 0.0827. The van der Waals surface area contributed by atoms with E-state index in [9.17, 15) is 4.79 Å². The molecule has 3 heteroatoms. The topological polar surface area (TPSA) is 32.3 Å². The summed E-state index contributed by atoms with van der Waals surface area (Å²) in [5, 5.41) is 3.31. The first kappa shape index (κ1) is 12.8. The van der Waals surface area contributed by atoms with Crippen molar-refractivity contribution in [2.75, 3.05) is 27.2 Å². The lowest BCUT2D eigenvalue weighted by atomic mass is 9.94. The van der Waals surface area contributed by atoms with E-state index >= 15 is 0 Å². The molecule has 1 N–H and O–H groups in total. The Bertz CT molecular complexity index is 489. The largest absolute Gasteiger partial charge is 0.345 e. The molecule has 0 atom stereocenters. The number of nitrogens with one attached hydrogen (secondary N) is 1. The zero-order chi connectivity index (χ0) is 13.1. The standard InChI is InChI=1S/C15H20N2O/c1-11-10-13(15(18)17(2)3)4-5-14(11)12-6-8-16-9-7-12/h4-6,10,16H,7-9H2,1-3H3. The Labute approximate surface area is 108 Å². The summed E-state index contributed by atoms with van der Waals surface area (Å²) in [6.07, 6.45) is 3.29. The molecule has 3 nitrogen and oxygen atoms in total. The molecule has 18 heavy (non-hydrogen) atoms. The van der Waals surface area contributed by atoms with E-state index in [1.807, 2.05) is 12.1 Å². The number of hydrogen-bond acceptors (Lipinski definition) is 2. The fraction of sp³-hybridized carbons (Fsp3) is 0.400. The number of nitrogens with zero attached hydrogens (tertiary/aromatic N) is 1. The van der Waals surface area contributed by atoms with Crippen molar-refractivity contribution in [2.24, 2.45) is 0 Å². The number of rotatable bonds is 2. The molecule has 0 aliphatic carbocycles. The normalized spacial score (nSPS) is 15.2. The molecule has 0 unspecified atom stereocenters. The van der Waals surface area contributed by atoms with Crippen molar-refractivity contribution in [1.29, 1.82) is 0 Å². The van der Waals surface area contributed by atoms with Crippen LogP contribution in [0, 0.1) is 6.92 Å². The van der Waals surface area contributed by atoms with Crippen LogP contribution < -0.4 is 5.32 Å². The Hall–Kier alpha value is -1.61. The van der Waals surface area contributed by atoms with Crippen LogP contribution in [0.3, 0.4) is 0 Å². The van der Waals surface area contributed by atoms with Gasteiger partial charge in [0.05, 0.1) is 0 Å². The predicted octanol–water partition coefficient (Wildman–Crippen LogP) is 2.07. The molecule has 0 bridgehead atoms. The first-order chi connectivity index (χ1) is 8.59. The summed E-state index contributed by atoms with van der Waals surface area (Å²) in [5.41, 5.74) is 4.59. The maximum absolute atomic E-state index is 11.9. The minimum Gasteiger partial charge on any atom is -0.345 e. The lowest BCUT2D eigenvalue weighted by Crippen LogP contribution is -2.22. The first-order valence-corrected chi connectivity index (χ1v) is 6.32. The van der Waals surface area contributed by atoms with Gasteiger partial charge in [-0.2, -0.15) is 0 Å². The molecule has 96 valence electrons. The summed E-state index contributed by atoms with van der Waals surface area (Å²) in [4.78, 5) is 13.5. The van der Waals surface area contributed by atoms with Crippen molar-refractivity contribution in [3.05, 3.63) is 41.0 Å². The van der Waals surface area contributed by atoms with Gasteiger partial charge in [-0.05, 0) is 48.7 Å². The molecule has 0 fully saturated rings. The first-order valence-electron chi connectivity index (χ1n) is 6.32. The Morgan fingerprint density at radius 2 is 2.11 bits per heavy atom. The fourth-order valence-corrected chi connectivity index (χ4v) is 2.28. The van der Waals surface area contributed by atoms with Crippen molar-refractivity contribution < 1.29 is 4.79 Å². The van der Waals surface area contributed by atoms with Gasteiger partial charge in [0.1, 0.15) is 0 Å². The number of amides is 1. The van der Waals surface area contributed by atoms with E-state index in [4.69, 9.17) is 0 Å². The molecule has 1 heterocycles. The van der Waals surface area contributed by atoms with Crippen LogP contribution in [0.1, 0.15) is 27.9 Å². The number of hydrogen-bond donors (Lipinski definition) is 1. The van der Waals surface area contributed by atoms with Crippen LogP contribution in [0.25, 0.3) is 5.57 Å². The maximum Gasteiger partial charge on any atom is 0.253 e. The third-order valence-corrected chi connectivity index (χ3v) is 3.29. The summed E-state index contributed by atoms with van der Waals surface area (Å²) >= 11 is 0. The van der Waals surface area contributed by atoms with E-state index in [-0.39, 0.29) is 5.91 Å². The second-order valence-corrected chi connectivity index (χ2v) is 4.91. The van der Waals surface area contributed by atoms with Crippen LogP contribution in [0.4, 0.5) is 0 Å². The van der Waals surface area contributed by atoms with Crippen LogP contribution in [-0.2, 0) is 0 Å². The average molecular weight is 244 g/mol. The SMILES string of the molecule is Cc1cc(C(=O)N(C)C)ccc1C1=CCNCC1. The van der Waals surface area contributed by atoms with Crippen LogP contribution in [-0.4, -0.2) is 38.0 Å². The quantitative estimate of drug-likeness (QED) is 0.864. The zero-order valence-electron chi connectivity index (χ0n) is 11.3. The highest BCUT2D eigenvalue weighted by molar-refractivity contribution is 5.94. The Morgan fingerprint density at radius 1 is 1.33 bits per heavy atom. The summed E-state index contributed by atoms with van der Waals surface area (Å²) in [5.74, 6) is 0.0592. The van der Waals surface area contributed by atoms with Gasteiger partial charge in [0.2, 0.25) is 0 Å². The molecular formula is C15H20N2O. The number of aryl methyl sites for hydroxylation is 1. The number of benzene rings is 1. The Morgan fingerprint density at radius 3 is 2.67 bits per heavy atom. The fourth-order valence-electron chi connectivity index (χ4n) is 2.28. The lowest BCUT2D eigenvalue weighted by Gasteiger charge is -2.17. The number of carbonyl (C=O) groups excluding carboxylic acids is 1. The molecule has 2 rings (SSSR count). The second kappa shape index (κ2) is 5.36. The van der Waals surface area contributed by atoms with Gasteiger partial charge in [0.15, 0.2) is 0 Å². The Balaban J connectivity index is 2.30. The van der Waals surface area contributed by atoms with Crippen molar-refractivity contribution in [3.8, 4) is 0 Å². The van der Waals surface area contributed by atoms with Crippen molar-refractivity contribution in [3.63, 3.8) is 0 Å². The molecule has 1 aromatic carbocycles.